The van der Waals surface area contributed by atoms with Gasteiger partial charge in [-0.3, -0.25) is 9.59 Å². The third-order valence-corrected chi connectivity index (χ3v) is 5.35. The molecule has 8 heteroatoms. The van der Waals surface area contributed by atoms with Crippen molar-refractivity contribution in [1.82, 2.24) is 4.31 Å². The molecule has 7 nitrogen and oxygen atoms in total. The Morgan fingerprint density at radius 3 is 2.19 bits per heavy atom. The van der Waals surface area contributed by atoms with Gasteiger partial charge in [0.2, 0.25) is 15.9 Å². The van der Waals surface area contributed by atoms with Gasteiger partial charge in [-0.1, -0.05) is 30.3 Å². The van der Waals surface area contributed by atoms with Gasteiger partial charge in [0.05, 0.1) is 12.0 Å². The summed E-state index contributed by atoms with van der Waals surface area (Å²) in [6.07, 6.45) is 0. The molecule has 26 heavy (non-hydrogen) atoms. The fourth-order valence-corrected chi connectivity index (χ4v) is 3.66. The molecule has 0 aromatic heterocycles. The van der Waals surface area contributed by atoms with Gasteiger partial charge in [-0.15, -0.1) is 0 Å². The summed E-state index contributed by atoms with van der Waals surface area (Å²) in [5.74, 6) is -0.906. The maximum absolute atomic E-state index is 13.0. The summed E-state index contributed by atoms with van der Waals surface area (Å²) in [6.45, 7) is 0.996. The highest BCUT2D eigenvalue weighted by Gasteiger charge is 2.27. The van der Waals surface area contributed by atoms with E-state index in [2.05, 4.69) is 10.1 Å². The number of sulfonamides is 1. The van der Waals surface area contributed by atoms with Crippen LogP contribution in [-0.2, 0) is 30.9 Å². The topological polar surface area (TPSA) is 92.8 Å². The third kappa shape index (κ3) is 5.14. The molecule has 0 aliphatic heterocycles. The molecule has 2 aromatic carbocycles. The van der Waals surface area contributed by atoms with Gasteiger partial charge in [-0.25, -0.2) is 8.42 Å². The minimum atomic E-state index is -3.93. The van der Waals surface area contributed by atoms with Gasteiger partial charge in [-0.05, 0) is 29.8 Å². The number of ether oxygens (including phenoxy) is 1. The van der Waals surface area contributed by atoms with Gasteiger partial charge in [0, 0.05) is 19.2 Å². The highest BCUT2D eigenvalue weighted by molar-refractivity contribution is 7.89. The highest BCUT2D eigenvalue weighted by Crippen LogP contribution is 2.20. The molecule has 0 fully saturated rings. The molecule has 0 saturated carbocycles. The van der Waals surface area contributed by atoms with Crippen LogP contribution in [0.15, 0.2) is 59.5 Å². The summed E-state index contributed by atoms with van der Waals surface area (Å²) < 4.78 is 31.6. The second kappa shape index (κ2) is 8.59. The average Bonchev–Trinajstić information content (AvgIpc) is 2.62. The first kappa shape index (κ1) is 19.6. The van der Waals surface area contributed by atoms with E-state index in [-0.39, 0.29) is 17.3 Å². The molecule has 2 aromatic rings. The van der Waals surface area contributed by atoms with Crippen molar-refractivity contribution in [2.24, 2.45) is 0 Å². The van der Waals surface area contributed by atoms with E-state index in [1.807, 2.05) is 6.07 Å². The van der Waals surface area contributed by atoms with Crippen LogP contribution in [0.2, 0.25) is 0 Å². The smallest absolute Gasteiger partial charge is 0.321 e. The van der Waals surface area contributed by atoms with Gasteiger partial charge in [0.25, 0.3) is 0 Å². The molecule has 2 rings (SSSR count). The van der Waals surface area contributed by atoms with E-state index in [1.165, 1.54) is 38.3 Å². The number of benzene rings is 2. The lowest BCUT2D eigenvalue weighted by atomic mass is 10.2. The molecule has 0 heterocycles. The number of anilines is 1. The highest BCUT2D eigenvalue weighted by atomic mass is 32.2. The fourth-order valence-electron chi connectivity index (χ4n) is 2.28. The van der Waals surface area contributed by atoms with E-state index in [1.54, 1.807) is 24.3 Å². The molecule has 0 aliphatic rings. The second-order valence-electron chi connectivity index (χ2n) is 5.54. The molecule has 1 N–H and O–H groups in total. The Bertz CT molecular complexity index is 864. The zero-order valence-corrected chi connectivity index (χ0v) is 15.3. The number of nitrogens with zero attached hydrogens (tertiary/aromatic N) is 1. The lowest BCUT2D eigenvalue weighted by molar-refractivity contribution is -0.140. The largest absolute Gasteiger partial charge is 0.468 e. The minimum Gasteiger partial charge on any atom is -0.468 e. The number of nitrogens with one attached hydrogen (secondary N) is 1. The van der Waals surface area contributed by atoms with Crippen molar-refractivity contribution in [3.05, 3.63) is 60.2 Å². The van der Waals surface area contributed by atoms with Crippen molar-refractivity contribution in [2.75, 3.05) is 19.0 Å². The van der Waals surface area contributed by atoms with Crippen LogP contribution < -0.4 is 5.32 Å². The van der Waals surface area contributed by atoms with Crippen LogP contribution in [-0.4, -0.2) is 38.3 Å². The van der Waals surface area contributed by atoms with Crippen molar-refractivity contribution in [3.8, 4) is 0 Å². The number of carbonyl (C=O) groups excluding carboxylic acids is 2. The van der Waals surface area contributed by atoms with Crippen LogP contribution in [0.4, 0.5) is 5.69 Å². The Morgan fingerprint density at radius 1 is 1.04 bits per heavy atom. The zero-order valence-electron chi connectivity index (χ0n) is 14.5. The third-order valence-electron chi connectivity index (χ3n) is 3.55. The van der Waals surface area contributed by atoms with Crippen molar-refractivity contribution >= 4 is 27.6 Å². The maximum atomic E-state index is 13.0. The van der Waals surface area contributed by atoms with Crippen molar-refractivity contribution in [1.29, 1.82) is 0 Å². The molecule has 0 atom stereocenters. The van der Waals surface area contributed by atoms with Crippen LogP contribution in [0, 0.1) is 0 Å². The van der Waals surface area contributed by atoms with Crippen LogP contribution in [0.5, 0.6) is 0 Å². The van der Waals surface area contributed by atoms with Crippen molar-refractivity contribution < 1.29 is 22.7 Å². The molecule has 0 unspecified atom stereocenters. The summed E-state index contributed by atoms with van der Waals surface area (Å²) in [4.78, 5) is 22.8. The van der Waals surface area contributed by atoms with Crippen molar-refractivity contribution in [3.63, 3.8) is 0 Å². The predicted molar refractivity (Wildman–Crippen MR) is 96.8 cm³/mol. The normalized spacial score (nSPS) is 11.2. The summed E-state index contributed by atoms with van der Waals surface area (Å²) in [5.41, 5.74) is 1.23. The number of carbonyl (C=O) groups is 2. The van der Waals surface area contributed by atoms with Gasteiger partial charge in [0.15, 0.2) is 0 Å². The molecular weight excluding hydrogens is 356 g/mol. The van der Waals surface area contributed by atoms with Gasteiger partial charge in [0.1, 0.15) is 6.54 Å². The molecule has 138 valence electrons. The molecule has 1 amide bonds. The minimum absolute atomic E-state index is 0.0198. The maximum Gasteiger partial charge on any atom is 0.321 e. The van der Waals surface area contributed by atoms with E-state index >= 15 is 0 Å². The lowest BCUT2D eigenvalue weighted by Gasteiger charge is -2.21. The summed E-state index contributed by atoms with van der Waals surface area (Å²) in [5, 5.41) is 2.57. The molecule has 0 radical (unpaired) electrons. The van der Waals surface area contributed by atoms with E-state index in [4.69, 9.17) is 0 Å². The first-order chi connectivity index (χ1) is 12.3. The molecule has 0 bridgehead atoms. The first-order valence-electron chi connectivity index (χ1n) is 7.81. The number of amides is 1. The van der Waals surface area contributed by atoms with Crippen LogP contribution in [0.3, 0.4) is 0 Å². The van der Waals surface area contributed by atoms with E-state index in [9.17, 15) is 18.0 Å². The van der Waals surface area contributed by atoms with Gasteiger partial charge < -0.3 is 10.1 Å². The van der Waals surface area contributed by atoms with Crippen molar-refractivity contribution in [2.45, 2.75) is 18.4 Å². The summed E-state index contributed by atoms with van der Waals surface area (Å²) in [7, 11) is -2.72. The van der Waals surface area contributed by atoms with Crippen LogP contribution in [0.1, 0.15) is 12.5 Å². The van der Waals surface area contributed by atoms with E-state index in [0.717, 1.165) is 9.87 Å². The Kier molecular flexibility index (Phi) is 6.48. The predicted octanol–water partition coefficient (Wildman–Crippen LogP) is 2.01. The Hall–Kier alpha value is -2.71. The molecule has 0 saturated heterocycles. The number of esters is 1. The summed E-state index contributed by atoms with van der Waals surface area (Å²) in [6, 6.07) is 14.7. The Balaban J connectivity index is 2.31. The zero-order chi connectivity index (χ0) is 19.2. The fraction of sp³-hybridized carbons (Fsp3) is 0.222. The molecule has 0 spiro atoms. The quantitative estimate of drug-likeness (QED) is 0.746. The monoisotopic (exact) mass is 376 g/mol. The number of hydrogen-bond acceptors (Lipinski definition) is 5. The number of rotatable bonds is 7. The molecular formula is C18H20N2O5S. The SMILES string of the molecule is COC(=O)CN(Cc1ccccc1)S(=O)(=O)c1ccc(NC(C)=O)cc1. The second-order valence-corrected chi connectivity index (χ2v) is 7.48. The Morgan fingerprint density at radius 2 is 1.65 bits per heavy atom. The Labute approximate surface area is 152 Å². The molecule has 0 aliphatic carbocycles. The van der Waals surface area contributed by atoms with E-state index in [0.29, 0.717) is 5.69 Å². The van der Waals surface area contributed by atoms with Crippen LogP contribution >= 0.6 is 0 Å². The number of hydrogen-bond donors (Lipinski definition) is 1. The van der Waals surface area contributed by atoms with Gasteiger partial charge >= 0.3 is 5.97 Å². The van der Waals surface area contributed by atoms with Crippen LogP contribution in [0.25, 0.3) is 0 Å². The standard InChI is InChI=1S/C18H20N2O5S/c1-14(21)19-16-8-10-17(11-9-16)26(23,24)20(13-18(22)25-2)12-15-6-4-3-5-7-15/h3-11H,12-13H2,1-2H3,(H,19,21). The summed E-state index contributed by atoms with van der Waals surface area (Å²) >= 11 is 0. The number of methoxy groups -OCH3 is 1. The first-order valence-corrected chi connectivity index (χ1v) is 9.25. The van der Waals surface area contributed by atoms with Gasteiger partial charge in [-0.2, -0.15) is 4.31 Å². The van der Waals surface area contributed by atoms with E-state index < -0.39 is 22.5 Å². The lowest BCUT2D eigenvalue weighted by Crippen LogP contribution is -2.35. The average molecular weight is 376 g/mol.